The molecule has 1 saturated heterocycles. The van der Waals surface area contributed by atoms with Crippen LogP contribution in [0.25, 0.3) is 28.5 Å². The summed E-state index contributed by atoms with van der Waals surface area (Å²) in [5.41, 5.74) is 2.08. The molecule has 33 heavy (non-hydrogen) atoms. The molecule has 0 unspecified atom stereocenters. The van der Waals surface area contributed by atoms with Crippen molar-refractivity contribution in [2.75, 3.05) is 13.1 Å². The van der Waals surface area contributed by atoms with Gasteiger partial charge in [-0.15, -0.1) is 0 Å². The number of fused-ring (bicyclic) bond motifs is 1. The number of halogens is 3. The Morgan fingerprint density at radius 1 is 1.24 bits per heavy atom. The van der Waals surface area contributed by atoms with Gasteiger partial charge in [0.05, 0.1) is 0 Å². The molecule has 4 heterocycles. The third kappa shape index (κ3) is 4.22. The molecule has 0 aliphatic carbocycles. The molecule has 11 heteroatoms. The summed E-state index contributed by atoms with van der Waals surface area (Å²) in [7, 11) is 0. The number of aromatic nitrogens is 5. The van der Waals surface area contributed by atoms with E-state index >= 15 is 0 Å². The SMILES string of the molecule is C=C[I-]C(F)(F)c1ccc(-c2noc(-c3cnn4c(C5CCNCC5)cc(=O)[nH]c34)n2)cc1. The molecule has 0 saturated carbocycles. The molecule has 0 spiro atoms. The number of hydrogen-bond acceptors (Lipinski definition) is 6. The van der Waals surface area contributed by atoms with Crippen molar-refractivity contribution < 1.29 is 34.5 Å². The summed E-state index contributed by atoms with van der Waals surface area (Å²) in [4.78, 5) is 19.6. The van der Waals surface area contributed by atoms with Gasteiger partial charge in [-0.2, -0.15) is 0 Å². The molecule has 3 aromatic heterocycles. The third-order valence-electron chi connectivity index (χ3n) is 5.63. The van der Waals surface area contributed by atoms with Gasteiger partial charge in [-0.05, 0) is 25.9 Å². The zero-order valence-corrected chi connectivity index (χ0v) is 19.6. The van der Waals surface area contributed by atoms with E-state index in [0.717, 1.165) is 31.6 Å². The number of H-pyrrole nitrogens is 1. The van der Waals surface area contributed by atoms with Crippen LogP contribution in [-0.4, -0.2) is 37.8 Å². The molecule has 0 bridgehead atoms. The summed E-state index contributed by atoms with van der Waals surface area (Å²) in [6.07, 6.45) is 3.42. The molecule has 4 aromatic rings. The fraction of sp³-hybridized carbons (Fsp3) is 0.273. The van der Waals surface area contributed by atoms with Crippen LogP contribution in [0.2, 0.25) is 0 Å². The normalized spacial score (nSPS) is 15.3. The first kappa shape index (κ1) is 21.9. The molecule has 1 aliphatic rings. The van der Waals surface area contributed by atoms with Crippen molar-refractivity contribution in [2.24, 2.45) is 0 Å². The molecule has 0 atom stereocenters. The summed E-state index contributed by atoms with van der Waals surface area (Å²) in [6, 6.07) is 7.40. The quantitative estimate of drug-likeness (QED) is 0.261. The van der Waals surface area contributed by atoms with E-state index in [4.69, 9.17) is 4.52 Å². The molecule has 1 aliphatic heterocycles. The first-order chi connectivity index (χ1) is 16.0. The van der Waals surface area contributed by atoms with Crippen molar-refractivity contribution in [1.29, 1.82) is 0 Å². The molecule has 8 nitrogen and oxygen atoms in total. The van der Waals surface area contributed by atoms with Crippen LogP contribution in [0.5, 0.6) is 0 Å². The topological polar surface area (TPSA) is 101 Å². The zero-order chi connectivity index (χ0) is 23.0. The summed E-state index contributed by atoms with van der Waals surface area (Å²) < 4.78 is 33.8. The summed E-state index contributed by atoms with van der Waals surface area (Å²) in [6.45, 7) is 5.21. The summed E-state index contributed by atoms with van der Waals surface area (Å²) >= 11 is -1.47. The van der Waals surface area contributed by atoms with Crippen LogP contribution in [0.4, 0.5) is 8.78 Å². The van der Waals surface area contributed by atoms with Gasteiger partial charge in [0.15, 0.2) is 0 Å². The van der Waals surface area contributed by atoms with Crippen LogP contribution in [0.1, 0.15) is 30.0 Å². The number of rotatable bonds is 6. The van der Waals surface area contributed by atoms with Crippen LogP contribution < -0.4 is 32.1 Å². The number of aromatic amines is 1. The Kier molecular flexibility index (Phi) is 5.83. The maximum atomic E-state index is 14.1. The average molecular weight is 565 g/mol. The van der Waals surface area contributed by atoms with Gasteiger partial charge >= 0.3 is 150 Å². The van der Waals surface area contributed by atoms with Gasteiger partial charge in [0.25, 0.3) is 0 Å². The summed E-state index contributed by atoms with van der Waals surface area (Å²) in [5.74, 6) is 0.668. The van der Waals surface area contributed by atoms with Crippen molar-refractivity contribution in [3.05, 3.63) is 68.8 Å². The van der Waals surface area contributed by atoms with E-state index in [1.54, 1.807) is 16.8 Å². The van der Waals surface area contributed by atoms with Gasteiger partial charge < -0.3 is 5.32 Å². The number of piperidine rings is 1. The van der Waals surface area contributed by atoms with Crippen molar-refractivity contribution in [2.45, 2.75) is 22.7 Å². The van der Waals surface area contributed by atoms with Crippen molar-refractivity contribution in [3.63, 3.8) is 0 Å². The van der Waals surface area contributed by atoms with Gasteiger partial charge in [0, 0.05) is 12.0 Å². The monoisotopic (exact) mass is 565 g/mol. The Bertz CT molecular complexity index is 1360. The Labute approximate surface area is 197 Å². The molecule has 0 radical (unpaired) electrons. The number of nitrogens with one attached hydrogen (secondary N) is 2. The summed E-state index contributed by atoms with van der Waals surface area (Å²) in [5, 5.41) is 11.8. The molecular formula is C22H20F2IN6O2-. The predicted octanol–water partition coefficient (Wildman–Crippen LogP) is 0.488. The molecule has 1 aromatic carbocycles. The Balaban J connectivity index is 1.48. The maximum absolute atomic E-state index is 14.1. The van der Waals surface area contributed by atoms with Gasteiger partial charge in [0.1, 0.15) is 0 Å². The molecule has 2 N–H and O–H groups in total. The van der Waals surface area contributed by atoms with Gasteiger partial charge in [-0.1, -0.05) is 0 Å². The third-order valence-corrected chi connectivity index (χ3v) is 7.48. The van der Waals surface area contributed by atoms with Crippen LogP contribution in [0.15, 0.2) is 56.5 Å². The second-order valence-corrected chi connectivity index (χ2v) is 10.5. The van der Waals surface area contributed by atoms with Gasteiger partial charge in [-0.25, -0.2) is 0 Å². The van der Waals surface area contributed by atoms with Crippen molar-refractivity contribution >= 4 is 5.65 Å². The number of nitrogens with zero attached hydrogens (tertiary/aromatic N) is 4. The van der Waals surface area contributed by atoms with Crippen LogP contribution >= 0.6 is 0 Å². The number of hydrogen-bond donors (Lipinski definition) is 2. The van der Waals surface area contributed by atoms with E-state index in [2.05, 4.69) is 32.1 Å². The van der Waals surface area contributed by atoms with E-state index in [-0.39, 0.29) is 28.8 Å². The van der Waals surface area contributed by atoms with Crippen molar-refractivity contribution in [1.82, 2.24) is 30.1 Å². The number of alkyl halides is 3. The first-order valence-corrected chi connectivity index (χ1v) is 12.7. The molecule has 0 amide bonds. The van der Waals surface area contributed by atoms with Crippen LogP contribution in [0, 0.1) is 0 Å². The molecule has 1 fully saturated rings. The van der Waals surface area contributed by atoms with E-state index in [0.29, 0.717) is 16.8 Å². The Morgan fingerprint density at radius 3 is 2.73 bits per heavy atom. The standard InChI is InChI=1S/C22H20F2IN6O2/c1-2-25-22(23,24)15-5-3-14(4-6-15)19-29-21(33-30-19)16-12-27-31-17(11-18(32)28-20(16)31)13-7-9-26-10-8-13/h2-6,11-13,26H,1,7-10H2,(H,28,32)/q-1. The van der Waals surface area contributed by atoms with E-state index in [9.17, 15) is 13.6 Å². The van der Waals surface area contributed by atoms with E-state index in [1.807, 2.05) is 0 Å². The van der Waals surface area contributed by atoms with Gasteiger partial charge in [-0.3, -0.25) is 4.79 Å². The van der Waals surface area contributed by atoms with E-state index in [1.165, 1.54) is 28.3 Å². The first-order valence-electron chi connectivity index (χ1n) is 10.4. The van der Waals surface area contributed by atoms with Crippen molar-refractivity contribution in [3.8, 4) is 22.8 Å². The fourth-order valence-corrected chi connectivity index (χ4v) is 5.27. The second kappa shape index (κ2) is 8.78. The minimum absolute atomic E-state index is 0.0617. The molecular weight excluding hydrogens is 545 g/mol. The fourth-order valence-electron chi connectivity index (χ4n) is 4.00. The molecule has 172 valence electrons. The predicted molar refractivity (Wildman–Crippen MR) is 113 cm³/mol. The molecule has 5 rings (SSSR count). The second-order valence-electron chi connectivity index (χ2n) is 7.66. The minimum atomic E-state index is -2.88. The van der Waals surface area contributed by atoms with Gasteiger partial charge in [0.2, 0.25) is 0 Å². The van der Waals surface area contributed by atoms with Crippen LogP contribution in [-0.2, 0) is 3.93 Å². The Hall–Kier alpha value is -2.93. The average Bonchev–Trinajstić information content (AvgIpc) is 3.46. The van der Waals surface area contributed by atoms with E-state index < -0.39 is 25.1 Å². The zero-order valence-electron chi connectivity index (χ0n) is 17.4. The Morgan fingerprint density at radius 2 is 2.00 bits per heavy atom. The van der Waals surface area contributed by atoms with Crippen LogP contribution in [0.3, 0.4) is 0 Å². The number of benzene rings is 1.